The van der Waals surface area contributed by atoms with Crippen molar-refractivity contribution in [1.29, 1.82) is 0 Å². The molecule has 1 heterocycles. The maximum absolute atomic E-state index is 12.4. The van der Waals surface area contributed by atoms with Crippen molar-refractivity contribution in [3.05, 3.63) is 35.9 Å². The molecule has 2 amide bonds. The second kappa shape index (κ2) is 9.82. The van der Waals surface area contributed by atoms with Gasteiger partial charge in [-0.05, 0) is 24.8 Å². The Morgan fingerprint density at radius 1 is 1.22 bits per heavy atom. The number of hydrogen-bond acceptors (Lipinski definition) is 5. The van der Waals surface area contributed by atoms with Gasteiger partial charge in [-0.3, -0.25) is 9.59 Å². The molecule has 0 saturated carbocycles. The zero-order valence-corrected chi connectivity index (χ0v) is 16.2. The molecule has 27 heavy (non-hydrogen) atoms. The molecule has 150 valence electrons. The molecule has 3 N–H and O–H groups in total. The summed E-state index contributed by atoms with van der Waals surface area (Å²) in [6.07, 6.45) is 2.48. The van der Waals surface area contributed by atoms with Gasteiger partial charge in [0.2, 0.25) is 21.8 Å². The first-order valence-corrected chi connectivity index (χ1v) is 10.9. The summed E-state index contributed by atoms with van der Waals surface area (Å²) in [5.41, 5.74) is 1.17. The quantitative estimate of drug-likeness (QED) is 0.554. The van der Waals surface area contributed by atoms with Gasteiger partial charge in [0.1, 0.15) is 0 Å². The minimum Gasteiger partial charge on any atom is -0.391 e. The zero-order valence-electron chi connectivity index (χ0n) is 15.4. The van der Waals surface area contributed by atoms with Crippen LogP contribution in [0.4, 0.5) is 0 Å². The van der Waals surface area contributed by atoms with E-state index in [-0.39, 0.29) is 19.0 Å². The molecule has 0 spiro atoms. The summed E-state index contributed by atoms with van der Waals surface area (Å²) in [4.78, 5) is 25.8. The van der Waals surface area contributed by atoms with Crippen molar-refractivity contribution < 1.29 is 23.1 Å². The molecule has 1 aliphatic rings. The van der Waals surface area contributed by atoms with Gasteiger partial charge in [0, 0.05) is 25.6 Å². The lowest BCUT2D eigenvalue weighted by molar-refractivity contribution is -0.136. The van der Waals surface area contributed by atoms with E-state index in [1.807, 2.05) is 30.3 Å². The number of aliphatic hydroxyl groups is 1. The molecule has 0 radical (unpaired) electrons. The second-order valence-electron chi connectivity index (χ2n) is 6.89. The average molecular weight is 397 g/mol. The minimum absolute atomic E-state index is 0.0572. The zero-order chi connectivity index (χ0) is 19.9. The van der Waals surface area contributed by atoms with Crippen molar-refractivity contribution in [2.75, 3.05) is 25.9 Å². The fourth-order valence-electron chi connectivity index (χ4n) is 3.10. The predicted molar refractivity (Wildman–Crippen MR) is 101 cm³/mol. The first kappa shape index (κ1) is 21.3. The van der Waals surface area contributed by atoms with Crippen molar-refractivity contribution in [1.82, 2.24) is 14.9 Å². The van der Waals surface area contributed by atoms with Gasteiger partial charge in [-0.25, -0.2) is 13.1 Å². The highest BCUT2D eigenvalue weighted by atomic mass is 32.2. The van der Waals surface area contributed by atoms with Gasteiger partial charge in [0.15, 0.2) is 0 Å². The number of amides is 2. The van der Waals surface area contributed by atoms with Gasteiger partial charge in [0.05, 0.1) is 18.9 Å². The Morgan fingerprint density at radius 3 is 2.59 bits per heavy atom. The van der Waals surface area contributed by atoms with E-state index in [0.717, 1.165) is 12.7 Å². The highest BCUT2D eigenvalue weighted by Gasteiger charge is 2.29. The van der Waals surface area contributed by atoms with Crippen LogP contribution in [-0.4, -0.2) is 68.3 Å². The van der Waals surface area contributed by atoms with Gasteiger partial charge in [-0.15, -0.1) is 0 Å². The molecule has 1 aromatic carbocycles. The van der Waals surface area contributed by atoms with Crippen molar-refractivity contribution >= 4 is 21.8 Å². The number of carbonyl (C=O) groups excluding carboxylic acids is 2. The highest BCUT2D eigenvalue weighted by Crippen LogP contribution is 2.14. The molecular weight excluding hydrogens is 370 g/mol. The van der Waals surface area contributed by atoms with Crippen LogP contribution in [0, 0.1) is 0 Å². The third-order valence-corrected chi connectivity index (χ3v) is 5.01. The van der Waals surface area contributed by atoms with E-state index < -0.39 is 28.1 Å². The van der Waals surface area contributed by atoms with Gasteiger partial charge in [-0.2, -0.15) is 0 Å². The Balaban J connectivity index is 1.79. The van der Waals surface area contributed by atoms with Crippen molar-refractivity contribution in [2.24, 2.45) is 0 Å². The Hall–Kier alpha value is -1.97. The van der Waals surface area contributed by atoms with Crippen LogP contribution in [0.3, 0.4) is 0 Å². The average Bonchev–Trinajstić information content (AvgIpc) is 2.60. The molecule has 0 aromatic heterocycles. The van der Waals surface area contributed by atoms with Crippen LogP contribution >= 0.6 is 0 Å². The number of likely N-dealkylation sites (tertiary alicyclic amines) is 1. The SMILES string of the molecule is CS(=O)(=O)NCC(=O)N[C@H]1C[C@@H](O)CN(C(=O)CCCc2ccccc2)C1. The predicted octanol–water partition coefficient (Wildman–Crippen LogP) is -0.363. The summed E-state index contributed by atoms with van der Waals surface area (Å²) in [6.45, 7) is 0.195. The van der Waals surface area contributed by atoms with Crippen molar-refractivity contribution in [3.8, 4) is 0 Å². The first-order chi connectivity index (χ1) is 12.7. The van der Waals surface area contributed by atoms with Crippen molar-refractivity contribution in [3.63, 3.8) is 0 Å². The van der Waals surface area contributed by atoms with Crippen LogP contribution in [-0.2, 0) is 26.0 Å². The summed E-state index contributed by atoms with van der Waals surface area (Å²) < 4.78 is 24.2. The van der Waals surface area contributed by atoms with Crippen LogP contribution < -0.4 is 10.0 Å². The normalized spacial score (nSPS) is 20.3. The number of hydrogen-bond donors (Lipinski definition) is 3. The van der Waals surface area contributed by atoms with Crippen LogP contribution in [0.15, 0.2) is 30.3 Å². The van der Waals surface area contributed by atoms with Crippen LogP contribution in [0.1, 0.15) is 24.8 Å². The fourth-order valence-corrected chi connectivity index (χ4v) is 3.50. The van der Waals surface area contributed by atoms with E-state index >= 15 is 0 Å². The largest absolute Gasteiger partial charge is 0.391 e. The molecular formula is C18H27N3O5S. The number of rotatable bonds is 8. The Kier molecular flexibility index (Phi) is 7.76. The van der Waals surface area contributed by atoms with E-state index in [0.29, 0.717) is 25.8 Å². The second-order valence-corrected chi connectivity index (χ2v) is 8.72. The van der Waals surface area contributed by atoms with Gasteiger partial charge in [0.25, 0.3) is 0 Å². The van der Waals surface area contributed by atoms with E-state index in [1.54, 1.807) is 4.90 Å². The van der Waals surface area contributed by atoms with Crippen LogP contribution in [0.25, 0.3) is 0 Å². The standard InChI is InChI=1S/C18H27N3O5S/c1-27(25,26)19-11-17(23)20-15-10-16(22)13-21(12-15)18(24)9-5-8-14-6-3-2-4-7-14/h2-4,6-7,15-16,19,22H,5,8-13H2,1H3,(H,20,23)/t15-,16+/m0/s1. The number of sulfonamides is 1. The summed E-state index contributed by atoms with van der Waals surface area (Å²) in [5.74, 6) is -0.547. The monoisotopic (exact) mass is 397 g/mol. The van der Waals surface area contributed by atoms with Crippen LogP contribution in [0.5, 0.6) is 0 Å². The lowest BCUT2D eigenvalue weighted by Gasteiger charge is -2.36. The number of nitrogens with zero attached hydrogens (tertiary/aromatic N) is 1. The summed E-state index contributed by atoms with van der Waals surface area (Å²) >= 11 is 0. The maximum atomic E-state index is 12.4. The molecule has 2 rings (SSSR count). The topological polar surface area (TPSA) is 116 Å². The maximum Gasteiger partial charge on any atom is 0.235 e. The summed E-state index contributed by atoms with van der Waals surface area (Å²) in [6, 6.07) is 9.51. The molecule has 1 fully saturated rings. The van der Waals surface area contributed by atoms with Gasteiger partial charge < -0.3 is 15.3 Å². The number of aliphatic hydroxyl groups excluding tert-OH is 1. The number of benzene rings is 1. The smallest absolute Gasteiger partial charge is 0.235 e. The Bertz CT molecular complexity index is 739. The minimum atomic E-state index is -3.45. The first-order valence-electron chi connectivity index (χ1n) is 8.96. The highest BCUT2D eigenvalue weighted by molar-refractivity contribution is 7.88. The third-order valence-electron chi connectivity index (χ3n) is 4.34. The van der Waals surface area contributed by atoms with E-state index in [9.17, 15) is 23.1 Å². The lowest BCUT2D eigenvalue weighted by atomic mass is 10.0. The summed E-state index contributed by atoms with van der Waals surface area (Å²) in [7, 11) is -3.45. The molecule has 1 aromatic rings. The van der Waals surface area contributed by atoms with E-state index in [1.165, 1.54) is 5.56 Å². The van der Waals surface area contributed by atoms with Crippen molar-refractivity contribution in [2.45, 2.75) is 37.8 Å². The molecule has 0 bridgehead atoms. The molecule has 1 aliphatic heterocycles. The van der Waals surface area contributed by atoms with Crippen LogP contribution in [0.2, 0.25) is 0 Å². The Morgan fingerprint density at radius 2 is 1.93 bits per heavy atom. The lowest BCUT2D eigenvalue weighted by Crippen LogP contribution is -2.55. The number of β-amino-alcohol motifs (C(OH)–C–C–N with tert-alkyl or cyclic N) is 1. The van der Waals surface area contributed by atoms with E-state index in [2.05, 4.69) is 10.0 Å². The molecule has 2 atom stereocenters. The van der Waals surface area contributed by atoms with Gasteiger partial charge >= 0.3 is 0 Å². The molecule has 0 unspecified atom stereocenters. The molecule has 8 nitrogen and oxygen atoms in total. The van der Waals surface area contributed by atoms with E-state index in [4.69, 9.17) is 0 Å². The third kappa shape index (κ3) is 8.06. The molecule has 0 aliphatic carbocycles. The molecule has 9 heteroatoms. The number of aryl methyl sites for hydroxylation is 1. The molecule has 1 saturated heterocycles. The number of carbonyl (C=O) groups is 2. The fraction of sp³-hybridized carbons (Fsp3) is 0.556. The summed E-state index contributed by atoms with van der Waals surface area (Å²) in [5, 5.41) is 12.7. The number of piperidine rings is 1. The Labute approximate surface area is 160 Å². The number of nitrogens with one attached hydrogen (secondary N) is 2. The van der Waals surface area contributed by atoms with Gasteiger partial charge in [-0.1, -0.05) is 30.3 Å².